The van der Waals surface area contributed by atoms with Gasteiger partial charge in [0, 0.05) is 30.8 Å². The van der Waals surface area contributed by atoms with Gasteiger partial charge < -0.3 is 20.3 Å². The third-order valence-corrected chi connectivity index (χ3v) is 6.30. The molecule has 7 nitrogen and oxygen atoms in total. The Kier molecular flexibility index (Phi) is 7.81. The summed E-state index contributed by atoms with van der Waals surface area (Å²) in [5.74, 6) is -2.95. The number of nitrogens with one attached hydrogen (secondary N) is 2. The molecule has 0 atom stereocenters. The highest BCUT2D eigenvalue weighted by atomic mass is 19.1. The zero-order chi connectivity index (χ0) is 25.0. The van der Waals surface area contributed by atoms with E-state index in [9.17, 15) is 32.7 Å². The van der Waals surface area contributed by atoms with Crippen molar-refractivity contribution in [1.29, 1.82) is 0 Å². The first-order valence-electron chi connectivity index (χ1n) is 11.1. The first-order valence-corrected chi connectivity index (χ1v) is 11.1. The number of aliphatic hydroxyl groups is 1. The van der Waals surface area contributed by atoms with Crippen molar-refractivity contribution >= 4 is 23.3 Å². The molecule has 1 aromatic carbocycles. The Morgan fingerprint density at radius 2 is 1.82 bits per heavy atom. The van der Waals surface area contributed by atoms with Gasteiger partial charge in [0.25, 0.3) is 17.6 Å². The number of benzene rings is 1. The predicted molar refractivity (Wildman–Crippen MR) is 120 cm³/mol. The molecule has 1 aliphatic heterocycles. The molecule has 0 spiro atoms. The summed E-state index contributed by atoms with van der Waals surface area (Å²) in [6.07, 6.45) is 0.448. The number of alkyl halides is 2. The van der Waals surface area contributed by atoms with E-state index in [1.165, 1.54) is 18.2 Å². The molecule has 3 N–H and O–H groups in total. The Morgan fingerprint density at radius 1 is 1.15 bits per heavy atom. The SMILES string of the molecule is Cc1cc(NC(=O)c2c(C)c(C(=O)C(=O)NC(CO)(CCF)CCF)c3n2CCC3)ccc1F. The smallest absolute Gasteiger partial charge is 0.292 e. The number of hydrogen-bond acceptors (Lipinski definition) is 4. The number of carbonyl (C=O) groups excluding carboxylic acids is 3. The van der Waals surface area contributed by atoms with Gasteiger partial charge >= 0.3 is 0 Å². The van der Waals surface area contributed by atoms with Crippen LogP contribution in [0.25, 0.3) is 0 Å². The average molecular weight is 479 g/mol. The number of carbonyl (C=O) groups is 3. The van der Waals surface area contributed by atoms with Crippen LogP contribution in [0.2, 0.25) is 0 Å². The number of nitrogens with zero attached hydrogens (tertiary/aromatic N) is 1. The number of amides is 2. The summed E-state index contributed by atoms with van der Waals surface area (Å²) in [4.78, 5) is 39.0. The maximum absolute atomic E-state index is 13.6. The van der Waals surface area contributed by atoms with Gasteiger partial charge in [0.05, 0.1) is 31.1 Å². The fourth-order valence-corrected chi connectivity index (χ4v) is 4.45. The molecule has 184 valence electrons. The highest BCUT2D eigenvalue weighted by Crippen LogP contribution is 2.30. The second kappa shape index (κ2) is 10.4. The minimum atomic E-state index is -1.59. The molecule has 3 rings (SSSR count). The van der Waals surface area contributed by atoms with Crippen LogP contribution in [0.5, 0.6) is 0 Å². The zero-order valence-electron chi connectivity index (χ0n) is 19.1. The summed E-state index contributed by atoms with van der Waals surface area (Å²) >= 11 is 0. The first kappa shape index (κ1) is 25.5. The minimum absolute atomic E-state index is 0.0720. The van der Waals surface area contributed by atoms with Crippen LogP contribution in [0.15, 0.2) is 18.2 Å². The Bertz CT molecular complexity index is 1110. The Morgan fingerprint density at radius 3 is 2.41 bits per heavy atom. The Hall–Kier alpha value is -3.14. The fraction of sp³-hybridized carbons (Fsp3) is 0.458. The predicted octanol–water partition coefficient (Wildman–Crippen LogP) is 3.19. The van der Waals surface area contributed by atoms with Gasteiger partial charge in [-0.25, -0.2) is 4.39 Å². The summed E-state index contributed by atoms with van der Waals surface area (Å²) in [6, 6.07) is 4.15. The average Bonchev–Trinajstić information content (AvgIpc) is 3.35. The topological polar surface area (TPSA) is 100 Å². The summed E-state index contributed by atoms with van der Waals surface area (Å²) in [6.45, 7) is 1.04. The zero-order valence-corrected chi connectivity index (χ0v) is 19.1. The van der Waals surface area contributed by atoms with Crippen LogP contribution in [0.1, 0.15) is 56.9 Å². The van der Waals surface area contributed by atoms with Gasteiger partial charge in [-0.1, -0.05) is 0 Å². The van der Waals surface area contributed by atoms with Crippen molar-refractivity contribution in [3.8, 4) is 0 Å². The fourth-order valence-electron chi connectivity index (χ4n) is 4.45. The van der Waals surface area contributed by atoms with Crippen LogP contribution in [0.3, 0.4) is 0 Å². The highest BCUT2D eigenvalue weighted by molar-refractivity contribution is 6.43. The van der Waals surface area contributed by atoms with Crippen LogP contribution in [-0.2, 0) is 17.8 Å². The van der Waals surface area contributed by atoms with E-state index in [1.54, 1.807) is 18.4 Å². The second-order valence-electron chi connectivity index (χ2n) is 8.57. The number of anilines is 1. The van der Waals surface area contributed by atoms with E-state index in [2.05, 4.69) is 10.6 Å². The molecule has 0 unspecified atom stereocenters. The molecule has 0 saturated heterocycles. The van der Waals surface area contributed by atoms with Crippen molar-refractivity contribution < 1.29 is 32.7 Å². The maximum Gasteiger partial charge on any atom is 0.292 e. The number of fused-ring (bicyclic) bond motifs is 1. The van der Waals surface area contributed by atoms with E-state index in [1.807, 2.05) is 0 Å². The van der Waals surface area contributed by atoms with E-state index in [-0.39, 0.29) is 24.1 Å². The van der Waals surface area contributed by atoms with E-state index in [0.29, 0.717) is 41.9 Å². The lowest BCUT2D eigenvalue weighted by Crippen LogP contribution is -2.54. The molecule has 0 aliphatic carbocycles. The molecule has 1 aromatic heterocycles. The third-order valence-electron chi connectivity index (χ3n) is 6.30. The number of rotatable bonds is 10. The molecule has 0 saturated carbocycles. The third kappa shape index (κ3) is 4.86. The van der Waals surface area contributed by atoms with Crippen molar-refractivity contribution in [3.63, 3.8) is 0 Å². The van der Waals surface area contributed by atoms with Crippen molar-refractivity contribution in [2.75, 3.05) is 25.3 Å². The maximum atomic E-state index is 13.6. The molecule has 0 radical (unpaired) electrons. The monoisotopic (exact) mass is 479 g/mol. The highest BCUT2D eigenvalue weighted by Gasteiger charge is 2.37. The van der Waals surface area contributed by atoms with Crippen LogP contribution >= 0.6 is 0 Å². The standard InChI is InChI=1S/C24H28F3N3O4/c1-14-12-16(5-6-17(14)27)28-22(33)20-15(2)19(18-4-3-11-30(18)20)21(32)23(34)29-24(13-31,7-9-25)8-10-26/h5-6,12,31H,3-4,7-11,13H2,1-2H3,(H,28,33)(H,29,34). The van der Waals surface area contributed by atoms with E-state index < -0.39 is 48.9 Å². The van der Waals surface area contributed by atoms with Gasteiger partial charge in [-0.2, -0.15) is 0 Å². The van der Waals surface area contributed by atoms with Crippen molar-refractivity contribution in [2.45, 2.75) is 51.6 Å². The van der Waals surface area contributed by atoms with Crippen LogP contribution in [0, 0.1) is 19.7 Å². The Labute approximate surface area is 195 Å². The number of halogens is 3. The molecule has 10 heteroatoms. The van der Waals surface area contributed by atoms with Crippen molar-refractivity contribution in [3.05, 3.63) is 52.1 Å². The number of aliphatic hydroxyl groups excluding tert-OH is 1. The van der Waals surface area contributed by atoms with Gasteiger partial charge in [0.15, 0.2) is 0 Å². The first-order chi connectivity index (χ1) is 16.2. The minimum Gasteiger partial charge on any atom is -0.394 e. The van der Waals surface area contributed by atoms with E-state index in [0.717, 1.165) is 0 Å². The van der Waals surface area contributed by atoms with Crippen LogP contribution in [0.4, 0.5) is 18.9 Å². The van der Waals surface area contributed by atoms with Crippen LogP contribution in [-0.4, -0.2) is 52.8 Å². The number of ketones is 1. The molecular formula is C24H28F3N3O4. The normalized spacial score (nSPS) is 13.0. The van der Waals surface area contributed by atoms with Crippen molar-refractivity contribution in [1.82, 2.24) is 9.88 Å². The van der Waals surface area contributed by atoms with Crippen molar-refractivity contribution in [2.24, 2.45) is 0 Å². The molecule has 34 heavy (non-hydrogen) atoms. The lowest BCUT2D eigenvalue weighted by atomic mass is 9.92. The quantitative estimate of drug-likeness (QED) is 0.360. The number of aryl methyl sites for hydroxylation is 1. The van der Waals surface area contributed by atoms with E-state index >= 15 is 0 Å². The largest absolute Gasteiger partial charge is 0.394 e. The number of hydrogen-bond donors (Lipinski definition) is 3. The number of aromatic nitrogens is 1. The summed E-state index contributed by atoms with van der Waals surface area (Å²) in [5.41, 5.74) is 0.270. The number of Topliss-reactive ketones (excluding diaryl/α,β-unsaturated/α-hetero) is 1. The molecule has 0 fully saturated rings. The van der Waals surface area contributed by atoms with Gasteiger partial charge in [-0.05, 0) is 56.0 Å². The lowest BCUT2D eigenvalue weighted by molar-refractivity contribution is -0.119. The van der Waals surface area contributed by atoms with Gasteiger partial charge in [-0.15, -0.1) is 0 Å². The molecule has 1 aliphatic rings. The Balaban J connectivity index is 1.92. The van der Waals surface area contributed by atoms with Gasteiger partial charge in [0.1, 0.15) is 11.5 Å². The molecule has 2 heterocycles. The molecule has 0 bridgehead atoms. The lowest BCUT2D eigenvalue weighted by Gasteiger charge is -2.31. The van der Waals surface area contributed by atoms with Gasteiger partial charge in [-0.3, -0.25) is 23.2 Å². The molecule has 2 amide bonds. The summed E-state index contributed by atoms with van der Waals surface area (Å²) in [7, 11) is 0. The second-order valence-corrected chi connectivity index (χ2v) is 8.57. The van der Waals surface area contributed by atoms with Crippen LogP contribution < -0.4 is 10.6 Å². The molecule has 2 aromatic rings. The van der Waals surface area contributed by atoms with Gasteiger partial charge in [0.2, 0.25) is 0 Å². The summed E-state index contributed by atoms with van der Waals surface area (Å²) in [5, 5.41) is 14.7. The summed E-state index contributed by atoms with van der Waals surface area (Å²) < 4.78 is 41.2. The molecular weight excluding hydrogens is 451 g/mol. The van der Waals surface area contributed by atoms with E-state index in [4.69, 9.17) is 0 Å².